The van der Waals surface area contributed by atoms with Crippen molar-refractivity contribution in [2.24, 2.45) is 0 Å². The van der Waals surface area contributed by atoms with E-state index < -0.39 is 17.1 Å². The van der Waals surface area contributed by atoms with Crippen molar-refractivity contribution in [2.45, 2.75) is 31.1 Å². The number of hydrogen-bond acceptors (Lipinski definition) is 5. The molecule has 1 aromatic heterocycles. The highest BCUT2D eigenvalue weighted by atomic mass is 35.5. The summed E-state index contributed by atoms with van der Waals surface area (Å²) in [5, 5.41) is 14.6. The molecule has 21 heavy (non-hydrogen) atoms. The predicted molar refractivity (Wildman–Crippen MR) is 73.2 cm³/mol. The highest BCUT2D eigenvalue weighted by Gasteiger charge is 2.44. The van der Waals surface area contributed by atoms with Crippen LogP contribution in [0.3, 0.4) is 0 Å². The second-order valence-electron chi connectivity index (χ2n) is 5.83. The number of hydrogen-bond donors (Lipinski definition) is 0. The fraction of sp³-hybridized carbons (Fsp3) is 0.750. The highest BCUT2D eigenvalue weighted by Crippen LogP contribution is 2.35. The number of alkyl halides is 1. The van der Waals surface area contributed by atoms with Gasteiger partial charge in [0.25, 0.3) is 0 Å². The van der Waals surface area contributed by atoms with Gasteiger partial charge in [-0.1, -0.05) is 11.6 Å². The zero-order valence-corrected chi connectivity index (χ0v) is 12.3. The number of ether oxygens (including phenoxy) is 1. The Bertz CT molecular complexity index is 563. The van der Waals surface area contributed by atoms with E-state index >= 15 is 0 Å². The average molecular weight is 319 g/mol. The monoisotopic (exact) mass is 318 g/mol. The second kappa shape index (κ2) is 5.19. The smallest absolute Gasteiger partial charge is 0.325 e. The Labute approximate surface area is 125 Å². The number of nitro groups is 1. The molecule has 2 aliphatic rings. The molecule has 2 atom stereocenters. The van der Waals surface area contributed by atoms with Gasteiger partial charge in [-0.3, -0.25) is 15.0 Å². The van der Waals surface area contributed by atoms with E-state index in [2.05, 4.69) is 16.9 Å². The summed E-state index contributed by atoms with van der Waals surface area (Å²) in [4.78, 5) is 12.2. The minimum Gasteiger partial charge on any atom is -0.377 e. The molecule has 0 aromatic carbocycles. The molecule has 3 heterocycles. The Balaban J connectivity index is 1.75. The first-order valence-corrected chi connectivity index (χ1v) is 7.14. The van der Waals surface area contributed by atoms with Gasteiger partial charge in [0, 0.05) is 13.1 Å². The zero-order valence-electron chi connectivity index (χ0n) is 11.5. The molecule has 1 aromatic rings. The Kier molecular flexibility index (Phi) is 3.62. The lowest BCUT2D eigenvalue weighted by molar-refractivity contribution is -0.384. The molecule has 9 heteroatoms. The number of nitrogens with zero attached hydrogens (tertiary/aromatic N) is 4. The van der Waals surface area contributed by atoms with Gasteiger partial charge in [-0.25, -0.2) is 9.07 Å². The molecule has 2 saturated heterocycles. The summed E-state index contributed by atoms with van der Waals surface area (Å²) < 4.78 is 20.9. The van der Waals surface area contributed by atoms with Crippen molar-refractivity contribution in [3.8, 4) is 0 Å². The normalized spacial score (nSPS) is 29.1. The van der Waals surface area contributed by atoms with Gasteiger partial charge in [-0.15, -0.1) is 0 Å². The van der Waals surface area contributed by atoms with Crippen molar-refractivity contribution >= 4 is 17.3 Å². The van der Waals surface area contributed by atoms with Gasteiger partial charge >= 0.3 is 5.69 Å². The van der Waals surface area contributed by atoms with E-state index in [1.54, 1.807) is 0 Å². The molecule has 2 fully saturated rings. The molecular weight excluding hydrogens is 303 g/mol. The predicted octanol–water partition coefficient (Wildman–Crippen LogP) is 1.82. The summed E-state index contributed by atoms with van der Waals surface area (Å²) in [6.45, 7) is 4.22. The van der Waals surface area contributed by atoms with Crippen molar-refractivity contribution in [3.05, 3.63) is 21.5 Å². The SMILES string of the molecule is CC1(N2CCC(n3ncc([N+](=O)[O-])c3Cl)C(F)C2)COC1. The van der Waals surface area contributed by atoms with E-state index in [1.165, 1.54) is 4.68 Å². The van der Waals surface area contributed by atoms with Crippen molar-refractivity contribution in [1.82, 2.24) is 14.7 Å². The first kappa shape index (κ1) is 14.7. The van der Waals surface area contributed by atoms with Crippen LogP contribution in [0.15, 0.2) is 6.20 Å². The van der Waals surface area contributed by atoms with Crippen LogP contribution in [0.25, 0.3) is 0 Å². The fourth-order valence-corrected chi connectivity index (χ4v) is 3.22. The average Bonchev–Trinajstić information content (AvgIpc) is 2.78. The Morgan fingerprint density at radius 2 is 2.33 bits per heavy atom. The standard InChI is InChI=1S/C12H16ClFN4O3/c1-12(6-21-7-12)16-3-2-9(8(14)5-16)17-11(13)10(4-15-17)18(19)20/h4,8-9H,2-3,5-7H2,1H3. The molecule has 7 nitrogen and oxygen atoms in total. The van der Waals surface area contributed by atoms with Crippen molar-refractivity contribution in [2.75, 3.05) is 26.3 Å². The number of rotatable bonds is 3. The molecule has 3 rings (SSSR count). The first-order valence-electron chi connectivity index (χ1n) is 6.76. The zero-order chi connectivity index (χ0) is 15.2. The Hall–Kier alpha value is -1.25. The Morgan fingerprint density at radius 1 is 1.62 bits per heavy atom. The maximum Gasteiger partial charge on any atom is 0.325 e. The van der Waals surface area contributed by atoms with E-state index in [1.807, 2.05) is 0 Å². The molecule has 0 bridgehead atoms. The minimum atomic E-state index is -1.17. The lowest BCUT2D eigenvalue weighted by Gasteiger charge is -2.50. The lowest BCUT2D eigenvalue weighted by atomic mass is 9.92. The first-order chi connectivity index (χ1) is 9.92. The molecule has 116 valence electrons. The van der Waals surface area contributed by atoms with E-state index in [4.69, 9.17) is 16.3 Å². The summed E-state index contributed by atoms with van der Waals surface area (Å²) >= 11 is 5.94. The van der Waals surface area contributed by atoms with Crippen molar-refractivity contribution in [1.29, 1.82) is 0 Å². The summed E-state index contributed by atoms with van der Waals surface area (Å²) in [7, 11) is 0. The molecule has 0 saturated carbocycles. The van der Waals surface area contributed by atoms with Crippen LogP contribution in [0.1, 0.15) is 19.4 Å². The third-order valence-electron chi connectivity index (χ3n) is 4.32. The van der Waals surface area contributed by atoms with Crippen LogP contribution < -0.4 is 0 Å². The van der Waals surface area contributed by atoms with Gasteiger partial charge in [-0.2, -0.15) is 5.10 Å². The number of likely N-dealkylation sites (tertiary alicyclic amines) is 1. The maximum atomic E-state index is 14.5. The summed E-state index contributed by atoms with van der Waals surface area (Å²) in [6, 6.07) is -0.563. The molecule has 0 aliphatic carbocycles. The van der Waals surface area contributed by atoms with Crippen LogP contribution in [0.5, 0.6) is 0 Å². The summed E-state index contributed by atoms with van der Waals surface area (Å²) in [5.74, 6) is 0. The summed E-state index contributed by atoms with van der Waals surface area (Å²) in [6.07, 6.45) is 0.408. The largest absolute Gasteiger partial charge is 0.377 e. The van der Waals surface area contributed by atoms with Crippen LogP contribution in [-0.2, 0) is 4.74 Å². The Morgan fingerprint density at radius 3 is 2.81 bits per heavy atom. The fourth-order valence-electron chi connectivity index (χ4n) is 2.93. The van der Waals surface area contributed by atoms with Gasteiger partial charge in [0.1, 0.15) is 12.4 Å². The van der Waals surface area contributed by atoms with Gasteiger partial charge in [0.05, 0.1) is 29.7 Å². The maximum absolute atomic E-state index is 14.5. The number of aromatic nitrogens is 2. The lowest BCUT2D eigenvalue weighted by Crippen LogP contribution is -2.63. The second-order valence-corrected chi connectivity index (χ2v) is 6.19. The van der Waals surface area contributed by atoms with E-state index in [-0.39, 0.29) is 22.9 Å². The molecule has 0 amide bonds. The van der Waals surface area contributed by atoms with Crippen LogP contribution in [-0.4, -0.2) is 57.6 Å². The van der Waals surface area contributed by atoms with E-state index in [0.717, 1.165) is 6.20 Å². The van der Waals surface area contributed by atoms with Gasteiger partial charge in [0.15, 0.2) is 0 Å². The van der Waals surface area contributed by atoms with Gasteiger partial charge < -0.3 is 4.74 Å². The van der Waals surface area contributed by atoms with Crippen molar-refractivity contribution in [3.63, 3.8) is 0 Å². The topological polar surface area (TPSA) is 73.4 Å². The van der Waals surface area contributed by atoms with Crippen LogP contribution in [0, 0.1) is 10.1 Å². The number of halogens is 2. The van der Waals surface area contributed by atoms with E-state index in [9.17, 15) is 14.5 Å². The third-order valence-corrected chi connectivity index (χ3v) is 4.69. The summed E-state index contributed by atoms with van der Waals surface area (Å²) in [5.41, 5.74) is -0.388. The molecule has 0 spiro atoms. The van der Waals surface area contributed by atoms with E-state index in [0.29, 0.717) is 26.2 Å². The molecule has 2 unspecified atom stereocenters. The van der Waals surface area contributed by atoms with Crippen molar-refractivity contribution < 1.29 is 14.1 Å². The van der Waals surface area contributed by atoms with Crippen LogP contribution in [0.4, 0.5) is 10.1 Å². The quantitative estimate of drug-likeness (QED) is 0.628. The molecular formula is C12H16ClFN4O3. The van der Waals surface area contributed by atoms with Gasteiger partial charge in [0.2, 0.25) is 5.15 Å². The minimum absolute atomic E-state index is 0.102. The van der Waals surface area contributed by atoms with Crippen LogP contribution >= 0.6 is 11.6 Å². The van der Waals surface area contributed by atoms with Gasteiger partial charge in [-0.05, 0) is 13.3 Å². The molecule has 2 aliphatic heterocycles. The third kappa shape index (κ3) is 2.41. The highest BCUT2D eigenvalue weighted by molar-refractivity contribution is 6.31. The molecule has 0 N–H and O–H groups in total. The van der Waals surface area contributed by atoms with Crippen LogP contribution in [0.2, 0.25) is 5.15 Å². The molecule has 0 radical (unpaired) electrons. The number of piperidine rings is 1.